The van der Waals surface area contributed by atoms with E-state index in [1.54, 1.807) is 0 Å². The van der Waals surface area contributed by atoms with Crippen molar-refractivity contribution in [2.75, 3.05) is 0 Å². The number of rotatable bonds is 16. The molecule has 2 atom stereocenters. The SMILES string of the molecule is CCCCCCCCCCCCCCCC(CC)C1ON=NC1=O. The van der Waals surface area contributed by atoms with E-state index in [9.17, 15) is 4.79 Å². The lowest BCUT2D eigenvalue weighted by Crippen LogP contribution is -2.26. The predicted molar refractivity (Wildman–Crippen MR) is 98.8 cm³/mol. The van der Waals surface area contributed by atoms with Crippen molar-refractivity contribution in [3.8, 4) is 0 Å². The van der Waals surface area contributed by atoms with Crippen LogP contribution in [0, 0.1) is 5.92 Å². The maximum Gasteiger partial charge on any atom is 0.311 e. The summed E-state index contributed by atoms with van der Waals surface area (Å²) >= 11 is 0. The van der Waals surface area contributed by atoms with Crippen molar-refractivity contribution in [3.05, 3.63) is 0 Å². The summed E-state index contributed by atoms with van der Waals surface area (Å²) in [6.07, 6.45) is 19.4. The van der Waals surface area contributed by atoms with E-state index in [4.69, 9.17) is 4.84 Å². The van der Waals surface area contributed by atoms with Gasteiger partial charge in [0.05, 0.1) is 0 Å². The first-order valence-corrected chi connectivity index (χ1v) is 10.4. The zero-order chi connectivity index (χ0) is 17.5. The second kappa shape index (κ2) is 14.4. The Labute approximate surface area is 148 Å². The van der Waals surface area contributed by atoms with Gasteiger partial charge in [-0.1, -0.05) is 102 Å². The first kappa shape index (κ1) is 21.1. The Morgan fingerprint density at radius 2 is 1.33 bits per heavy atom. The molecule has 0 N–H and O–H groups in total. The average Bonchev–Trinajstić information content (AvgIpc) is 3.01. The highest BCUT2D eigenvalue weighted by atomic mass is 16.7. The third-order valence-corrected chi connectivity index (χ3v) is 5.17. The number of amides is 1. The second-order valence-corrected chi connectivity index (χ2v) is 7.25. The minimum Gasteiger partial charge on any atom is -0.365 e. The molecule has 1 aliphatic rings. The summed E-state index contributed by atoms with van der Waals surface area (Å²) < 4.78 is 0. The molecule has 0 saturated carbocycles. The largest absolute Gasteiger partial charge is 0.365 e. The summed E-state index contributed by atoms with van der Waals surface area (Å²) in [6, 6.07) is 0. The highest BCUT2D eigenvalue weighted by Crippen LogP contribution is 2.24. The van der Waals surface area contributed by atoms with Crippen molar-refractivity contribution in [1.29, 1.82) is 0 Å². The lowest BCUT2D eigenvalue weighted by atomic mass is 9.92. The highest BCUT2D eigenvalue weighted by molar-refractivity contribution is 5.82. The molecule has 0 spiro atoms. The molecule has 0 aromatic carbocycles. The Bertz CT molecular complexity index is 345. The topological polar surface area (TPSA) is 51.0 Å². The Balaban J connectivity index is 1.85. The summed E-state index contributed by atoms with van der Waals surface area (Å²) in [5.41, 5.74) is 0. The van der Waals surface area contributed by atoms with Gasteiger partial charge in [-0.15, -0.1) is 0 Å². The van der Waals surface area contributed by atoms with Crippen LogP contribution in [-0.4, -0.2) is 12.0 Å². The lowest BCUT2D eigenvalue weighted by Gasteiger charge is -2.17. The van der Waals surface area contributed by atoms with Gasteiger partial charge in [-0.2, -0.15) is 0 Å². The van der Waals surface area contributed by atoms with Crippen molar-refractivity contribution >= 4 is 5.91 Å². The maximum atomic E-state index is 11.5. The van der Waals surface area contributed by atoms with E-state index >= 15 is 0 Å². The van der Waals surface area contributed by atoms with E-state index in [-0.39, 0.29) is 11.8 Å². The highest BCUT2D eigenvalue weighted by Gasteiger charge is 2.32. The Kier molecular flexibility index (Phi) is 12.7. The average molecular weight is 339 g/mol. The van der Waals surface area contributed by atoms with Gasteiger partial charge in [0.1, 0.15) is 0 Å². The van der Waals surface area contributed by atoms with Crippen LogP contribution in [0.2, 0.25) is 0 Å². The van der Waals surface area contributed by atoms with Crippen LogP contribution in [-0.2, 0) is 9.63 Å². The number of hydrogen-bond donors (Lipinski definition) is 0. The molecule has 0 radical (unpaired) electrons. The third kappa shape index (κ3) is 9.39. The molecular formula is C20H38N2O2. The van der Waals surface area contributed by atoms with Gasteiger partial charge in [-0.3, -0.25) is 4.79 Å². The molecule has 0 aromatic rings. The van der Waals surface area contributed by atoms with Gasteiger partial charge in [0.15, 0.2) is 0 Å². The lowest BCUT2D eigenvalue weighted by molar-refractivity contribution is -0.126. The number of unbranched alkanes of at least 4 members (excludes halogenated alkanes) is 12. The predicted octanol–water partition coefficient (Wildman–Crippen LogP) is 6.79. The van der Waals surface area contributed by atoms with Crippen LogP contribution in [0.4, 0.5) is 0 Å². The van der Waals surface area contributed by atoms with Crippen molar-refractivity contribution in [2.24, 2.45) is 16.3 Å². The van der Waals surface area contributed by atoms with Crippen LogP contribution in [0.25, 0.3) is 0 Å². The molecule has 1 amide bonds. The van der Waals surface area contributed by atoms with Crippen LogP contribution in [0.1, 0.15) is 110 Å². The van der Waals surface area contributed by atoms with Crippen molar-refractivity contribution in [1.82, 2.24) is 0 Å². The summed E-state index contributed by atoms with van der Waals surface area (Å²) in [4.78, 5) is 16.6. The quantitative estimate of drug-likeness (QED) is 0.291. The van der Waals surface area contributed by atoms with Crippen LogP contribution in [0.15, 0.2) is 10.4 Å². The molecule has 24 heavy (non-hydrogen) atoms. The normalized spacial score (nSPS) is 18.1. The summed E-state index contributed by atoms with van der Waals surface area (Å²) in [6.45, 7) is 4.39. The van der Waals surface area contributed by atoms with E-state index in [1.807, 2.05) is 0 Å². The number of carbonyl (C=O) groups excluding carboxylic acids is 1. The van der Waals surface area contributed by atoms with Crippen molar-refractivity contribution < 1.29 is 9.63 Å². The van der Waals surface area contributed by atoms with E-state index in [0.717, 1.165) is 12.8 Å². The van der Waals surface area contributed by atoms with Crippen LogP contribution in [0.3, 0.4) is 0 Å². The van der Waals surface area contributed by atoms with E-state index < -0.39 is 6.10 Å². The number of nitrogens with zero attached hydrogens (tertiary/aromatic N) is 2. The van der Waals surface area contributed by atoms with Crippen LogP contribution in [0.5, 0.6) is 0 Å². The molecule has 0 bridgehead atoms. The zero-order valence-electron chi connectivity index (χ0n) is 16.0. The fourth-order valence-electron chi connectivity index (χ4n) is 3.50. The molecule has 0 aromatic heterocycles. The van der Waals surface area contributed by atoms with Crippen LogP contribution < -0.4 is 0 Å². The third-order valence-electron chi connectivity index (χ3n) is 5.17. The van der Waals surface area contributed by atoms with E-state index in [2.05, 4.69) is 24.2 Å². The molecule has 0 saturated heterocycles. The molecule has 0 fully saturated rings. The molecule has 2 unspecified atom stereocenters. The summed E-state index contributed by atoms with van der Waals surface area (Å²) in [5.74, 6) is 0.0803. The smallest absolute Gasteiger partial charge is 0.311 e. The van der Waals surface area contributed by atoms with Gasteiger partial charge in [-0.25, -0.2) is 0 Å². The summed E-state index contributed by atoms with van der Waals surface area (Å²) in [7, 11) is 0. The molecule has 4 heteroatoms. The number of carbonyl (C=O) groups is 1. The minimum absolute atomic E-state index is 0.198. The molecular weight excluding hydrogens is 300 g/mol. The van der Waals surface area contributed by atoms with Gasteiger partial charge >= 0.3 is 5.91 Å². The Morgan fingerprint density at radius 3 is 1.75 bits per heavy atom. The fourth-order valence-corrected chi connectivity index (χ4v) is 3.50. The molecule has 4 nitrogen and oxygen atoms in total. The van der Waals surface area contributed by atoms with Crippen molar-refractivity contribution in [3.63, 3.8) is 0 Å². The van der Waals surface area contributed by atoms with Gasteiger partial charge in [0.2, 0.25) is 6.10 Å². The second-order valence-electron chi connectivity index (χ2n) is 7.25. The Hall–Kier alpha value is -0.930. The molecule has 0 aliphatic carbocycles. The molecule has 1 aliphatic heterocycles. The minimum atomic E-state index is -0.410. The first-order chi connectivity index (χ1) is 11.8. The fraction of sp³-hybridized carbons (Fsp3) is 0.950. The summed E-state index contributed by atoms with van der Waals surface area (Å²) in [5, 5.41) is 6.87. The Morgan fingerprint density at radius 1 is 0.833 bits per heavy atom. The van der Waals surface area contributed by atoms with Gasteiger partial charge < -0.3 is 4.84 Å². The zero-order valence-corrected chi connectivity index (χ0v) is 16.0. The standard InChI is InChI=1S/C20H38N2O2/c1-3-5-6-7-8-9-10-11-12-13-14-15-16-17-18(4-2)19-20(23)21-22-24-19/h18-19H,3-17H2,1-2H3. The van der Waals surface area contributed by atoms with Crippen molar-refractivity contribution in [2.45, 2.75) is 116 Å². The monoisotopic (exact) mass is 338 g/mol. The van der Waals surface area contributed by atoms with E-state index in [0.29, 0.717) is 0 Å². The van der Waals surface area contributed by atoms with Crippen LogP contribution >= 0.6 is 0 Å². The van der Waals surface area contributed by atoms with Gasteiger partial charge in [0, 0.05) is 11.2 Å². The van der Waals surface area contributed by atoms with Gasteiger partial charge in [-0.05, 0) is 12.8 Å². The number of hydrogen-bond acceptors (Lipinski definition) is 3. The first-order valence-electron chi connectivity index (χ1n) is 10.4. The molecule has 1 heterocycles. The molecule has 140 valence electrons. The van der Waals surface area contributed by atoms with Gasteiger partial charge in [0.25, 0.3) is 0 Å². The van der Waals surface area contributed by atoms with E-state index in [1.165, 1.54) is 83.5 Å². The maximum absolute atomic E-state index is 11.5. The molecule has 1 rings (SSSR count).